The lowest BCUT2D eigenvalue weighted by Gasteiger charge is -1.95. The molecule has 2 rings (SSSR count). The SMILES string of the molecule is O=C1Cn2c(ccnc2=S)O1. The van der Waals surface area contributed by atoms with Crippen LogP contribution in [-0.2, 0) is 11.3 Å². The Morgan fingerprint density at radius 3 is 3.27 bits per heavy atom. The number of rotatable bonds is 0. The molecule has 1 aliphatic heterocycles. The summed E-state index contributed by atoms with van der Waals surface area (Å²) in [6, 6.07) is 1.61. The molecule has 1 aromatic rings. The highest BCUT2D eigenvalue weighted by molar-refractivity contribution is 7.71. The van der Waals surface area contributed by atoms with Crippen LogP contribution in [0.3, 0.4) is 0 Å². The zero-order valence-electron chi connectivity index (χ0n) is 5.48. The summed E-state index contributed by atoms with van der Waals surface area (Å²) in [5.74, 6) is 0.194. The smallest absolute Gasteiger partial charge is 0.332 e. The highest BCUT2D eigenvalue weighted by Gasteiger charge is 2.18. The Bertz CT molecular complexity index is 371. The Kier molecular flexibility index (Phi) is 1.25. The van der Waals surface area contributed by atoms with Gasteiger partial charge in [0.25, 0.3) is 0 Å². The summed E-state index contributed by atoms with van der Waals surface area (Å²) in [6.45, 7) is 0.183. The average Bonchev–Trinajstić information content (AvgIpc) is 2.31. The molecule has 4 nitrogen and oxygen atoms in total. The average molecular weight is 168 g/mol. The van der Waals surface area contributed by atoms with Crippen LogP contribution < -0.4 is 4.74 Å². The molecule has 0 unspecified atom stereocenters. The Morgan fingerprint density at radius 1 is 1.73 bits per heavy atom. The van der Waals surface area contributed by atoms with Crippen molar-refractivity contribution < 1.29 is 9.53 Å². The van der Waals surface area contributed by atoms with Crippen LogP contribution in [0.4, 0.5) is 0 Å². The second-order valence-corrected chi connectivity index (χ2v) is 2.49. The van der Waals surface area contributed by atoms with Gasteiger partial charge in [0.1, 0.15) is 6.54 Å². The molecule has 0 saturated heterocycles. The van der Waals surface area contributed by atoms with E-state index in [4.69, 9.17) is 17.0 Å². The summed E-state index contributed by atoms with van der Waals surface area (Å²) >= 11 is 4.85. The van der Waals surface area contributed by atoms with E-state index in [1.54, 1.807) is 10.6 Å². The molecule has 0 bridgehead atoms. The fourth-order valence-electron chi connectivity index (χ4n) is 0.931. The summed E-state index contributed by atoms with van der Waals surface area (Å²) < 4.78 is 6.74. The zero-order valence-corrected chi connectivity index (χ0v) is 6.30. The van der Waals surface area contributed by atoms with E-state index in [-0.39, 0.29) is 12.5 Å². The van der Waals surface area contributed by atoms with Gasteiger partial charge in [-0.3, -0.25) is 4.57 Å². The normalized spacial score (nSPS) is 14.4. The minimum atomic E-state index is -0.288. The number of hydrogen-bond donors (Lipinski definition) is 0. The number of carbonyl (C=O) groups is 1. The summed E-state index contributed by atoms with van der Waals surface area (Å²) in [7, 11) is 0. The van der Waals surface area contributed by atoms with Crippen molar-refractivity contribution in [2.75, 3.05) is 0 Å². The van der Waals surface area contributed by atoms with Crippen LogP contribution in [0, 0.1) is 4.77 Å². The van der Waals surface area contributed by atoms with Gasteiger partial charge in [0, 0.05) is 12.3 Å². The first-order valence-corrected chi connectivity index (χ1v) is 3.45. The molecular formula is C6H4N2O2S. The van der Waals surface area contributed by atoms with Crippen molar-refractivity contribution in [1.29, 1.82) is 0 Å². The van der Waals surface area contributed by atoms with E-state index < -0.39 is 0 Å². The molecule has 0 radical (unpaired) electrons. The van der Waals surface area contributed by atoms with Crippen LogP contribution in [0.25, 0.3) is 0 Å². The lowest BCUT2D eigenvalue weighted by molar-refractivity contribution is -0.132. The largest absolute Gasteiger partial charge is 0.408 e. The Morgan fingerprint density at radius 2 is 2.55 bits per heavy atom. The Hall–Kier alpha value is -1.23. The molecule has 0 saturated carbocycles. The van der Waals surface area contributed by atoms with E-state index in [0.29, 0.717) is 10.7 Å². The predicted octanol–water partition coefficient (Wildman–Crippen LogP) is 0.532. The topological polar surface area (TPSA) is 44.1 Å². The van der Waals surface area contributed by atoms with Crippen LogP contribution in [-0.4, -0.2) is 15.5 Å². The Labute approximate surface area is 67.4 Å². The maximum absolute atomic E-state index is 10.7. The standard InChI is InChI=1S/C6H4N2O2S/c9-5-3-8-4(10-5)1-2-7-6(8)11/h1-2H,3H2. The lowest BCUT2D eigenvalue weighted by atomic mass is 10.6. The summed E-state index contributed by atoms with van der Waals surface area (Å²) in [4.78, 5) is 14.6. The molecule has 0 aliphatic carbocycles. The van der Waals surface area contributed by atoms with Gasteiger partial charge in [-0.25, -0.2) is 9.78 Å². The third kappa shape index (κ3) is 0.932. The summed E-state index contributed by atoms with van der Waals surface area (Å²) in [5.41, 5.74) is 0. The van der Waals surface area contributed by atoms with Crippen molar-refractivity contribution in [2.45, 2.75) is 6.54 Å². The van der Waals surface area contributed by atoms with Crippen molar-refractivity contribution in [3.05, 3.63) is 17.0 Å². The van der Waals surface area contributed by atoms with E-state index in [1.165, 1.54) is 6.20 Å². The van der Waals surface area contributed by atoms with Crippen molar-refractivity contribution in [3.63, 3.8) is 0 Å². The second kappa shape index (κ2) is 2.13. The molecule has 56 valence electrons. The number of carbonyl (C=O) groups excluding carboxylic acids is 1. The van der Waals surface area contributed by atoms with Gasteiger partial charge >= 0.3 is 5.97 Å². The molecule has 1 aromatic heterocycles. The Balaban J connectivity index is 2.66. The molecule has 5 heteroatoms. The maximum atomic E-state index is 10.7. The van der Waals surface area contributed by atoms with Crippen molar-refractivity contribution >= 4 is 18.2 Å². The zero-order chi connectivity index (χ0) is 7.84. The first-order chi connectivity index (χ1) is 5.27. The minimum absolute atomic E-state index is 0.183. The van der Waals surface area contributed by atoms with Gasteiger partial charge in [-0.15, -0.1) is 0 Å². The number of ether oxygens (including phenoxy) is 1. The van der Waals surface area contributed by atoms with Crippen LogP contribution in [0.1, 0.15) is 0 Å². The van der Waals surface area contributed by atoms with E-state index in [9.17, 15) is 4.79 Å². The molecule has 2 heterocycles. The molecule has 0 spiro atoms. The van der Waals surface area contributed by atoms with Gasteiger partial charge < -0.3 is 4.74 Å². The first-order valence-electron chi connectivity index (χ1n) is 3.04. The van der Waals surface area contributed by atoms with Gasteiger partial charge in [-0.05, 0) is 12.2 Å². The maximum Gasteiger partial charge on any atom is 0.332 e. The number of hydrogen-bond acceptors (Lipinski definition) is 4. The highest BCUT2D eigenvalue weighted by atomic mass is 32.1. The van der Waals surface area contributed by atoms with Crippen LogP contribution >= 0.6 is 12.2 Å². The molecule has 0 amide bonds. The lowest BCUT2D eigenvalue weighted by Crippen LogP contribution is -2.03. The second-order valence-electron chi connectivity index (χ2n) is 2.13. The molecule has 0 N–H and O–H groups in total. The minimum Gasteiger partial charge on any atom is -0.408 e. The van der Waals surface area contributed by atoms with Gasteiger partial charge in [0.2, 0.25) is 10.7 Å². The molecule has 0 fully saturated rings. The van der Waals surface area contributed by atoms with E-state index in [1.807, 2.05) is 0 Å². The molecule has 11 heavy (non-hydrogen) atoms. The number of nitrogens with zero attached hydrogens (tertiary/aromatic N) is 2. The number of fused-ring (bicyclic) bond motifs is 1. The van der Waals surface area contributed by atoms with E-state index in [2.05, 4.69) is 4.98 Å². The van der Waals surface area contributed by atoms with Gasteiger partial charge in [0.05, 0.1) is 0 Å². The third-order valence-corrected chi connectivity index (χ3v) is 1.73. The fourth-order valence-corrected chi connectivity index (χ4v) is 1.15. The monoisotopic (exact) mass is 168 g/mol. The van der Waals surface area contributed by atoms with Crippen LogP contribution in [0.5, 0.6) is 5.88 Å². The quantitative estimate of drug-likeness (QED) is 0.418. The van der Waals surface area contributed by atoms with Gasteiger partial charge in [0.15, 0.2) is 0 Å². The first kappa shape index (κ1) is 6.48. The molecular weight excluding hydrogens is 164 g/mol. The fraction of sp³-hybridized carbons (Fsp3) is 0.167. The van der Waals surface area contributed by atoms with Gasteiger partial charge in [-0.2, -0.15) is 0 Å². The molecule has 0 aromatic carbocycles. The summed E-state index contributed by atoms with van der Waals surface area (Å²) in [6.07, 6.45) is 1.52. The summed E-state index contributed by atoms with van der Waals surface area (Å²) in [5, 5.41) is 0. The molecule has 1 aliphatic rings. The number of aromatic nitrogens is 2. The predicted molar refractivity (Wildman–Crippen MR) is 38.7 cm³/mol. The van der Waals surface area contributed by atoms with E-state index >= 15 is 0 Å². The van der Waals surface area contributed by atoms with Crippen molar-refractivity contribution in [3.8, 4) is 5.88 Å². The van der Waals surface area contributed by atoms with Crippen molar-refractivity contribution in [2.24, 2.45) is 0 Å². The van der Waals surface area contributed by atoms with Crippen molar-refractivity contribution in [1.82, 2.24) is 9.55 Å². The van der Waals surface area contributed by atoms with E-state index in [0.717, 1.165) is 0 Å². The molecule has 0 atom stereocenters. The third-order valence-electron chi connectivity index (χ3n) is 1.40. The van der Waals surface area contributed by atoms with Crippen LogP contribution in [0.2, 0.25) is 0 Å². The number of esters is 1. The van der Waals surface area contributed by atoms with Crippen LogP contribution in [0.15, 0.2) is 12.3 Å². The van der Waals surface area contributed by atoms with Gasteiger partial charge in [-0.1, -0.05) is 0 Å². The highest BCUT2D eigenvalue weighted by Crippen LogP contribution is 2.16.